The number of rotatable bonds is 5. The monoisotopic (exact) mass is 319 g/mol. The summed E-state index contributed by atoms with van der Waals surface area (Å²) in [5, 5.41) is 2.83. The van der Waals surface area contributed by atoms with Crippen LogP contribution >= 0.6 is 27.5 Å². The maximum atomic E-state index is 12.0. The van der Waals surface area contributed by atoms with E-state index < -0.39 is 0 Å². The number of hydrogen-bond donors (Lipinski definition) is 1. The minimum Gasteiger partial charge on any atom is -0.383 e. The molecule has 0 bridgehead atoms. The Labute approximate surface area is 115 Å². The highest BCUT2D eigenvalue weighted by Crippen LogP contribution is 2.20. The van der Waals surface area contributed by atoms with Crippen LogP contribution < -0.4 is 5.32 Å². The van der Waals surface area contributed by atoms with Crippen molar-refractivity contribution in [3.05, 3.63) is 33.8 Å². The molecule has 1 rings (SSSR count). The second-order valence-electron chi connectivity index (χ2n) is 3.72. The topological polar surface area (TPSA) is 38.3 Å². The third-order valence-corrected chi connectivity index (χ3v) is 3.75. The summed E-state index contributed by atoms with van der Waals surface area (Å²) in [6, 6.07) is 5.38. The predicted molar refractivity (Wildman–Crippen MR) is 72.7 cm³/mol. The van der Waals surface area contributed by atoms with Crippen LogP contribution in [-0.4, -0.2) is 31.5 Å². The van der Waals surface area contributed by atoms with Gasteiger partial charge in [0.25, 0.3) is 5.91 Å². The van der Waals surface area contributed by atoms with Crippen LogP contribution in [0.15, 0.2) is 22.7 Å². The fraction of sp³-hybridized carbons (Fsp3) is 0.417. The van der Waals surface area contributed by atoms with Gasteiger partial charge in [-0.3, -0.25) is 4.79 Å². The molecule has 1 atom stereocenters. The molecular weight excluding hydrogens is 305 g/mol. The van der Waals surface area contributed by atoms with Crippen LogP contribution in [-0.2, 0) is 4.74 Å². The molecule has 3 nitrogen and oxygen atoms in total. The van der Waals surface area contributed by atoms with E-state index >= 15 is 0 Å². The Morgan fingerprint density at radius 1 is 1.59 bits per heavy atom. The Hall–Kier alpha value is -0.580. The van der Waals surface area contributed by atoms with Crippen molar-refractivity contribution in [1.82, 2.24) is 5.32 Å². The van der Waals surface area contributed by atoms with Crippen molar-refractivity contribution in [3.63, 3.8) is 0 Å². The van der Waals surface area contributed by atoms with Crippen molar-refractivity contribution >= 4 is 33.4 Å². The number of hydrogen-bond acceptors (Lipinski definition) is 2. The summed E-state index contributed by atoms with van der Waals surface area (Å²) in [5.41, 5.74) is 1.63. The van der Waals surface area contributed by atoms with Crippen LogP contribution in [0.25, 0.3) is 0 Å². The van der Waals surface area contributed by atoms with Gasteiger partial charge in [-0.2, -0.15) is 0 Å². The van der Waals surface area contributed by atoms with Gasteiger partial charge in [0.05, 0.1) is 18.2 Å². The van der Waals surface area contributed by atoms with Crippen molar-refractivity contribution in [2.75, 3.05) is 19.6 Å². The molecule has 0 fully saturated rings. The Balaban J connectivity index is 2.79. The number of methoxy groups -OCH3 is 1. The molecule has 17 heavy (non-hydrogen) atoms. The van der Waals surface area contributed by atoms with E-state index in [0.29, 0.717) is 18.1 Å². The summed E-state index contributed by atoms with van der Waals surface area (Å²) in [4.78, 5) is 12.0. The lowest BCUT2D eigenvalue weighted by atomic mass is 10.1. The fourth-order valence-corrected chi connectivity index (χ4v) is 2.02. The molecule has 0 saturated carbocycles. The summed E-state index contributed by atoms with van der Waals surface area (Å²) >= 11 is 9.15. The highest BCUT2D eigenvalue weighted by Gasteiger charge is 2.15. The molecule has 0 saturated heterocycles. The van der Waals surface area contributed by atoms with Gasteiger partial charge in [0.2, 0.25) is 0 Å². The molecule has 0 heterocycles. The maximum absolute atomic E-state index is 12.0. The van der Waals surface area contributed by atoms with Gasteiger partial charge in [-0.25, -0.2) is 0 Å². The lowest BCUT2D eigenvalue weighted by Crippen LogP contribution is -2.39. The molecule has 0 aliphatic rings. The van der Waals surface area contributed by atoms with Crippen molar-refractivity contribution < 1.29 is 9.53 Å². The predicted octanol–water partition coefficient (Wildman–Crippen LogP) is 2.74. The molecule has 1 amide bonds. The summed E-state index contributed by atoms with van der Waals surface area (Å²) in [5.74, 6) is 0.173. The largest absolute Gasteiger partial charge is 0.383 e. The quantitative estimate of drug-likeness (QED) is 0.847. The first-order chi connectivity index (χ1) is 8.10. The summed E-state index contributed by atoms with van der Waals surface area (Å²) in [6.45, 7) is 2.34. The van der Waals surface area contributed by atoms with Gasteiger partial charge in [0.15, 0.2) is 0 Å². The molecule has 5 heteroatoms. The average molecular weight is 321 g/mol. The van der Waals surface area contributed by atoms with E-state index in [1.807, 2.05) is 19.1 Å². The standard InChI is InChI=1S/C12H15BrClNO2/c1-8-4-3-5-10(11(8)13)12(16)15-9(6-14)7-17-2/h3-5,9H,6-7H2,1-2H3,(H,15,16). The second kappa shape index (κ2) is 6.99. The van der Waals surface area contributed by atoms with Crippen LogP contribution in [0.2, 0.25) is 0 Å². The number of aryl methyl sites for hydroxylation is 1. The number of benzene rings is 1. The van der Waals surface area contributed by atoms with Crippen molar-refractivity contribution in [1.29, 1.82) is 0 Å². The number of amides is 1. The molecule has 0 aromatic heterocycles. The van der Waals surface area contributed by atoms with Crippen LogP contribution in [0, 0.1) is 6.92 Å². The van der Waals surface area contributed by atoms with Gasteiger partial charge < -0.3 is 10.1 Å². The zero-order valence-corrected chi connectivity index (χ0v) is 12.1. The summed E-state index contributed by atoms with van der Waals surface area (Å²) in [7, 11) is 1.58. The van der Waals surface area contributed by atoms with Gasteiger partial charge in [-0.1, -0.05) is 12.1 Å². The van der Waals surface area contributed by atoms with Crippen molar-refractivity contribution in [2.24, 2.45) is 0 Å². The van der Waals surface area contributed by atoms with E-state index in [9.17, 15) is 4.79 Å². The molecule has 0 spiro atoms. The Morgan fingerprint density at radius 3 is 2.88 bits per heavy atom. The first kappa shape index (κ1) is 14.5. The number of carbonyl (C=O) groups excluding carboxylic acids is 1. The SMILES string of the molecule is COCC(CCl)NC(=O)c1cccc(C)c1Br. The minimum absolute atomic E-state index is 0.150. The fourth-order valence-electron chi connectivity index (χ4n) is 1.41. The molecule has 1 unspecified atom stereocenters. The number of carbonyl (C=O) groups is 1. The van der Waals surface area contributed by atoms with Gasteiger partial charge in [-0.05, 0) is 34.5 Å². The number of alkyl halides is 1. The molecule has 1 aromatic rings. The van der Waals surface area contributed by atoms with Crippen LogP contribution in [0.4, 0.5) is 0 Å². The molecule has 1 N–H and O–H groups in total. The second-order valence-corrected chi connectivity index (χ2v) is 4.82. The molecule has 0 aliphatic carbocycles. The summed E-state index contributed by atoms with van der Waals surface area (Å²) < 4.78 is 5.78. The van der Waals surface area contributed by atoms with Crippen molar-refractivity contribution in [3.8, 4) is 0 Å². The zero-order valence-electron chi connectivity index (χ0n) is 9.80. The van der Waals surface area contributed by atoms with Gasteiger partial charge in [-0.15, -0.1) is 11.6 Å². The first-order valence-electron chi connectivity index (χ1n) is 5.21. The lowest BCUT2D eigenvalue weighted by molar-refractivity contribution is 0.0906. The number of ether oxygens (including phenoxy) is 1. The van der Waals surface area contributed by atoms with Gasteiger partial charge in [0, 0.05) is 17.5 Å². The van der Waals surface area contributed by atoms with Crippen LogP contribution in [0.5, 0.6) is 0 Å². The average Bonchev–Trinajstić information content (AvgIpc) is 2.31. The minimum atomic E-state index is -0.179. The number of halogens is 2. The summed E-state index contributed by atoms with van der Waals surface area (Å²) in [6.07, 6.45) is 0. The van der Waals surface area contributed by atoms with E-state index in [0.717, 1.165) is 10.0 Å². The van der Waals surface area contributed by atoms with E-state index in [1.54, 1.807) is 13.2 Å². The Kier molecular flexibility index (Phi) is 5.95. The smallest absolute Gasteiger partial charge is 0.252 e. The zero-order chi connectivity index (χ0) is 12.8. The van der Waals surface area contributed by atoms with E-state index in [4.69, 9.17) is 16.3 Å². The Bertz CT molecular complexity index is 398. The van der Waals surface area contributed by atoms with E-state index in [1.165, 1.54) is 0 Å². The highest BCUT2D eigenvalue weighted by molar-refractivity contribution is 9.10. The van der Waals surface area contributed by atoms with Gasteiger partial charge in [0.1, 0.15) is 0 Å². The molecule has 0 radical (unpaired) electrons. The van der Waals surface area contributed by atoms with E-state index in [-0.39, 0.29) is 11.9 Å². The molecule has 0 aliphatic heterocycles. The third kappa shape index (κ3) is 3.98. The lowest BCUT2D eigenvalue weighted by Gasteiger charge is -2.16. The molecule has 94 valence electrons. The van der Waals surface area contributed by atoms with E-state index in [2.05, 4.69) is 21.2 Å². The maximum Gasteiger partial charge on any atom is 0.252 e. The van der Waals surface area contributed by atoms with Crippen molar-refractivity contribution in [2.45, 2.75) is 13.0 Å². The highest BCUT2D eigenvalue weighted by atomic mass is 79.9. The Morgan fingerprint density at radius 2 is 2.29 bits per heavy atom. The third-order valence-electron chi connectivity index (χ3n) is 2.33. The van der Waals surface area contributed by atoms with Crippen LogP contribution in [0.1, 0.15) is 15.9 Å². The molecule has 1 aromatic carbocycles. The molecular formula is C12H15BrClNO2. The normalized spacial score (nSPS) is 12.2. The van der Waals surface area contributed by atoms with Gasteiger partial charge >= 0.3 is 0 Å². The number of nitrogens with one attached hydrogen (secondary N) is 1. The van der Waals surface area contributed by atoms with Crippen LogP contribution in [0.3, 0.4) is 0 Å². The first-order valence-corrected chi connectivity index (χ1v) is 6.53.